The molecule has 1 aliphatic carbocycles. The lowest BCUT2D eigenvalue weighted by atomic mass is 10.2. The Morgan fingerprint density at radius 1 is 1.04 bits per heavy atom. The van der Waals surface area contributed by atoms with Crippen LogP contribution in [0.25, 0.3) is 0 Å². The summed E-state index contributed by atoms with van der Waals surface area (Å²) < 4.78 is 0. The van der Waals surface area contributed by atoms with E-state index in [0.717, 1.165) is 36.3 Å². The molecular formula is C18H25ClN4O2. The number of hydrogen-bond donors (Lipinski definition) is 2. The maximum absolute atomic E-state index is 12.2. The van der Waals surface area contributed by atoms with E-state index in [0.29, 0.717) is 13.1 Å². The van der Waals surface area contributed by atoms with Crippen LogP contribution in [0, 0.1) is 5.92 Å². The van der Waals surface area contributed by atoms with E-state index in [-0.39, 0.29) is 24.9 Å². The maximum atomic E-state index is 12.2. The summed E-state index contributed by atoms with van der Waals surface area (Å²) >= 11 is 5.92. The first kappa shape index (κ1) is 18.0. The fourth-order valence-corrected chi connectivity index (χ4v) is 3.05. The van der Waals surface area contributed by atoms with E-state index >= 15 is 0 Å². The first-order valence-electron chi connectivity index (χ1n) is 8.87. The van der Waals surface area contributed by atoms with Crippen LogP contribution in [0.4, 0.5) is 5.69 Å². The maximum Gasteiger partial charge on any atom is 0.242 e. The molecule has 1 aromatic carbocycles. The van der Waals surface area contributed by atoms with Crippen LogP contribution in [-0.4, -0.2) is 62.5 Å². The van der Waals surface area contributed by atoms with E-state index in [1.165, 1.54) is 12.8 Å². The van der Waals surface area contributed by atoms with Crippen LogP contribution in [0.5, 0.6) is 0 Å². The monoisotopic (exact) mass is 364 g/mol. The number of carbonyl (C=O) groups excluding carboxylic acids is 2. The van der Waals surface area contributed by atoms with Crippen LogP contribution >= 0.6 is 11.6 Å². The van der Waals surface area contributed by atoms with Gasteiger partial charge >= 0.3 is 0 Å². The van der Waals surface area contributed by atoms with Crippen molar-refractivity contribution in [3.8, 4) is 0 Å². The number of rotatable bonds is 7. The van der Waals surface area contributed by atoms with E-state index < -0.39 is 0 Å². The lowest BCUT2D eigenvalue weighted by Gasteiger charge is -2.36. The molecule has 0 aromatic heterocycles. The summed E-state index contributed by atoms with van der Waals surface area (Å²) in [5.74, 6) is 0.603. The molecule has 1 aliphatic heterocycles. The zero-order valence-corrected chi connectivity index (χ0v) is 15.1. The van der Waals surface area contributed by atoms with Gasteiger partial charge in [-0.3, -0.25) is 9.59 Å². The zero-order valence-electron chi connectivity index (χ0n) is 14.3. The van der Waals surface area contributed by atoms with Crippen molar-refractivity contribution in [2.24, 2.45) is 5.92 Å². The lowest BCUT2D eigenvalue weighted by molar-refractivity contribution is -0.132. The van der Waals surface area contributed by atoms with Crippen molar-refractivity contribution in [3.05, 3.63) is 29.3 Å². The highest BCUT2D eigenvalue weighted by atomic mass is 35.5. The van der Waals surface area contributed by atoms with Gasteiger partial charge in [0.1, 0.15) is 0 Å². The van der Waals surface area contributed by atoms with Gasteiger partial charge in [-0.1, -0.05) is 11.6 Å². The van der Waals surface area contributed by atoms with Crippen molar-refractivity contribution in [1.82, 2.24) is 15.5 Å². The molecule has 1 saturated carbocycles. The minimum atomic E-state index is -0.117. The number of carbonyl (C=O) groups is 2. The Bertz CT molecular complexity index is 596. The average molecular weight is 365 g/mol. The summed E-state index contributed by atoms with van der Waals surface area (Å²) in [6, 6.07) is 7.74. The van der Waals surface area contributed by atoms with Gasteiger partial charge < -0.3 is 20.4 Å². The second-order valence-corrected chi connectivity index (χ2v) is 7.13. The summed E-state index contributed by atoms with van der Waals surface area (Å²) in [4.78, 5) is 28.0. The van der Waals surface area contributed by atoms with E-state index in [4.69, 9.17) is 11.6 Å². The molecule has 1 saturated heterocycles. The zero-order chi connectivity index (χ0) is 17.6. The molecule has 136 valence electrons. The van der Waals surface area contributed by atoms with Gasteiger partial charge in [0, 0.05) is 36.9 Å². The van der Waals surface area contributed by atoms with Crippen LogP contribution < -0.4 is 15.5 Å². The predicted octanol–water partition coefficient (Wildman–Crippen LogP) is 1.10. The van der Waals surface area contributed by atoms with Gasteiger partial charge in [0.2, 0.25) is 11.8 Å². The molecule has 2 amide bonds. The number of amides is 2. The van der Waals surface area contributed by atoms with Crippen LogP contribution in [0.15, 0.2) is 24.3 Å². The summed E-state index contributed by atoms with van der Waals surface area (Å²) in [7, 11) is 0. The van der Waals surface area contributed by atoms with Crippen molar-refractivity contribution in [1.29, 1.82) is 0 Å². The number of halogens is 1. The fourth-order valence-electron chi connectivity index (χ4n) is 2.93. The fraction of sp³-hybridized carbons (Fsp3) is 0.556. The number of benzene rings is 1. The third-order valence-electron chi connectivity index (χ3n) is 4.68. The first-order valence-corrected chi connectivity index (χ1v) is 9.25. The number of hydrogen-bond acceptors (Lipinski definition) is 4. The molecule has 1 aromatic rings. The Morgan fingerprint density at radius 3 is 2.36 bits per heavy atom. The smallest absolute Gasteiger partial charge is 0.242 e. The Kier molecular flexibility index (Phi) is 6.15. The van der Waals surface area contributed by atoms with Gasteiger partial charge in [-0.2, -0.15) is 0 Å². The highest BCUT2D eigenvalue weighted by molar-refractivity contribution is 6.30. The van der Waals surface area contributed by atoms with Crippen molar-refractivity contribution in [2.75, 3.05) is 50.7 Å². The van der Waals surface area contributed by atoms with Gasteiger partial charge in [-0.05, 0) is 49.6 Å². The van der Waals surface area contributed by atoms with Gasteiger partial charge in [-0.25, -0.2) is 0 Å². The third kappa shape index (κ3) is 5.61. The van der Waals surface area contributed by atoms with Gasteiger partial charge in [-0.15, -0.1) is 0 Å². The average Bonchev–Trinajstić information content (AvgIpc) is 3.45. The number of nitrogens with zero attached hydrogens (tertiary/aromatic N) is 2. The van der Waals surface area contributed by atoms with Crippen LogP contribution in [0.1, 0.15) is 12.8 Å². The van der Waals surface area contributed by atoms with Crippen LogP contribution in [-0.2, 0) is 9.59 Å². The molecule has 2 fully saturated rings. The topological polar surface area (TPSA) is 64.7 Å². The molecule has 25 heavy (non-hydrogen) atoms. The number of nitrogens with one attached hydrogen (secondary N) is 2. The predicted molar refractivity (Wildman–Crippen MR) is 98.8 cm³/mol. The Morgan fingerprint density at radius 2 is 1.72 bits per heavy atom. The van der Waals surface area contributed by atoms with Crippen molar-refractivity contribution in [2.45, 2.75) is 12.8 Å². The summed E-state index contributed by atoms with van der Waals surface area (Å²) in [5, 5.41) is 6.55. The molecular weight excluding hydrogens is 340 g/mol. The summed E-state index contributed by atoms with van der Waals surface area (Å²) in [6.07, 6.45) is 2.52. The largest absolute Gasteiger partial charge is 0.368 e. The Balaban J connectivity index is 1.34. The molecule has 0 bridgehead atoms. The van der Waals surface area contributed by atoms with Gasteiger partial charge in [0.05, 0.1) is 13.1 Å². The second-order valence-electron chi connectivity index (χ2n) is 6.70. The molecule has 0 atom stereocenters. The molecule has 0 radical (unpaired) electrons. The highest BCUT2D eigenvalue weighted by Crippen LogP contribution is 2.27. The summed E-state index contributed by atoms with van der Waals surface area (Å²) in [5.41, 5.74) is 1.12. The SMILES string of the molecule is O=C(CNCC1CC1)NCC(=O)N1CCN(c2ccc(Cl)cc2)CC1. The molecule has 6 nitrogen and oxygen atoms in total. The quantitative estimate of drug-likeness (QED) is 0.760. The molecule has 2 aliphatic rings. The Hall–Kier alpha value is -1.79. The normalized spacial score (nSPS) is 17.5. The Labute approximate surface area is 153 Å². The lowest BCUT2D eigenvalue weighted by Crippen LogP contribution is -2.51. The van der Waals surface area contributed by atoms with Crippen molar-refractivity contribution < 1.29 is 9.59 Å². The van der Waals surface area contributed by atoms with E-state index in [1.54, 1.807) is 0 Å². The van der Waals surface area contributed by atoms with Gasteiger partial charge in [0.25, 0.3) is 0 Å². The minimum Gasteiger partial charge on any atom is -0.368 e. The van der Waals surface area contributed by atoms with Gasteiger partial charge in [0.15, 0.2) is 0 Å². The van der Waals surface area contributed by atoms with Crippen LogP contribution in [0.2, 0.25) is 5.02 Å². The van der Waals surface area contributed by atoms with Crippen molar-refractivity contribution >= 4 is 29.1 Å². The molecule has 0 unspecified atom stereocenters. The molecule has 7 heteroatoms. The molecule has 1 heterocycles. The van der Waals surface area contributed by atoms with E-state index in [9.17, 15) is 9.59 Å². The van der Waals surface area contributed by atoms with E-state index in [2.05, 4.69) is 15.5 Å². The van der Waals surface area contributed by atoms with Crippen LogP contribution in [0.3, 0.4) is 0 Å². The standard InChI is InChI=1S/C18H25ClN4O2/c19-15-3-5-16(6-4-15)22-7-9-23(10-8-22)18(25)13-21-17(24)12-20-11-14-1-2-14/h3-6,14,20H,1-2,7-13H2,(H,21,24). The second kappa shape index (κ2) is 8.54. The third-order valence-corrected chi connectivity index (χ3v) is 4.93. The minimum absolute atomic E-state index is 0.0219. The summed E-state index contributed by atoms with van der Waals surface area (Å²) in [6.45, 7) is 4.15. The number of piperazine rings is 1. The van der Waals surface area contributed by atoms with E-state index in [1.807, 2.05) is 29.2 Å². The van der Waals surface area contributed by atoms with Crippen molar-refractivity contribution in [3.63, 3.8) is 0 Å². The number of anilines is 1. The molecule has 0 spiro atoms. The highest BCUT2D eigenvalue weighted by Gasteiger charge is 2.22. The molecule has 2 N–H and O–H groups in total. The first-order chi connectivity index (χ1) is 12.1. The molecule has 3 rings (SSSR count).